The Labute approximate surface area is 138 Å². The van der Waals surface area contributed by atoms with Crippen LogP contribution in [0.25, 0.3) is 0 Å². The number of benzene rings is 1. The van der Waals surface area contributed by atoms with E-state index in [1.807, 2.05) is 0 Å². The summed E-state index contributed by atoms with van der Waals surface area (Å²) in [6.07, 6.45) is 0. The van der Waals surface area contributed by atoms with Gasteiger partial charge in [-0.2, -0.15) is 0 Å². The molecule has 0 aliphatic rings. The van der Waals surface area contributed by atoms with Crippen molar-refractivity contribution in [1.82, 2.24) is 14.5 Å². The van der Waals surface area contributed by atoms with E-state index >= 15 is 0 Å². The molecule has 0 aliphatic heterocycles. The van der Waals surface area contributed by atoms with E-state index in [4.69, 9.17) is 20.8 Å². The van der Waals surface area contributed by atoms with Crippen molar-refractivity contribution in [3.05, 3.63) is 40.6 Å². The zero-order valence-corrected chi connectivity index (χ0v) is 14.2. The van der Waals surface area contributed by atoms with E-state index < -0.39 is 16.0 Å². The van der Waals surface area contributed by atoms with Gasteiger partial charge in [0.15, 0.2) is 6.61 Å². The number of sulfonamides is 1. The van der Waals surface area contributed by atoms with Crippen molar-refractivity contribution in [2.24, 2.45) is 0 Å². The van der Waals surface area contributed by atoms with Crippen molar-refractivity contribution >= 4 is 27.6 Å². The van der Waals surface area contributed by atoms with Gasteiger partial charge in [0.2, 0.25) is 15.9 Å². The van der Waals surface area contributed by atoms with Gasteiger partial charge < -0.3 is 9.15 Å². The third kappa shape index (κ3) is 3.87. The highest BCUT2D eigenvalue weighted by atomic mass is 35.5. The first-order valence-electron chi connectivity index (χ1n) is 6.40. The lowest BCUT2D eigenvalue weighted by Gasteiger charge is -2.13. The summed E-state index contributed by atoms with van der Waals surface area (Å²) in [5, 5.41) is 7.31. The van der Waals surface area contributed by atoms with Crippen molar-refractivity contribution in [2.75, 3.05) is 14.1 Å². The fraction of sp³-hybridized carbons (Fsp3) is 0.308. The maximum absolute atomic E-state index is 12.2. The molecule has 1 aromatic heterocycles. The molecule has 2 aromatic rings. The van der Waals surface area contributed by atoms with E-state index in [-0.39, 0.29) is 28.0 Å². The topological polar surface area (TPSA) is 103 Å². The zero-order chi connectivity index (χ0) is 17.2. The van der Waals surface area contributed by atoms with E-state index in [1.54, 1.807) is 6.92 Å². The molecule has 0 N–H and O–H groups in total. The molecule has 0 saturated heterocycles. The molecule has 23 heavy (non-hydrogen) atoms. The van der Waals surface area contributed by atoms with Crippen LogP contribution in [0.3, 0.4) is 0 Å². The van der Waals surface area contributed by atoms with Crippen molar-refractivity contribution in [1.29, 1.82) is 0 Å². The Morgan fingerprint density at radius 3 is 2.61 bits per heavy atom. The van der Waals surface area contributed by atoms with Crippen LogP contribution in [0.2, 0.25) is 5.02 Å². The average Bonchev–Trinajstić information content (AvgIpc) is 2.90. The summed E-state index contributed by atoms with van der Waals surface area (Å²) in [5.41, 5.74) is 0.0473. The molecule has 0 atom stereocenters. The zero-order valence-electron chi connectivity index (χ0n) is 12.6. The minimum absolute atomic E-state index is 0.0165. The molecule has 0 aliphatic carbocycles. The second kappa shape index (κ2) is 6.65. The molecule has 0 saturated carbocycles. The van der Waals surface area contributed by atoms with Gasteiger partial charge in [0, 0.05) is 21.0 Å². The molecular formula is C13H14ClN3O5S. The Hall–Kier alpha value is -1.97. The molecule has 0 fully saturated rings. The number of nitrogens with zero attached hydrogens (tertiary/aromatic N) is 3. The second-order valence-corrected chi connectivity index (χ2v) is 7.25. The number of hydrogen-bond acceptors (Lipinski definition) is 7. The summed E-state index contributed by atoms with van der Waals surface area (Å²) in [5.74, 6) is -0.236. The highest BCUT2D eigenvalue weighted by Gasteiger charge is 2.23. The minimum Gasteiger partial charge on any atom is -0.452 e. The van der Waals surface area contributed by atoms with Crippen molar-refractivity contribution in [2.45, 2.75) is 18.4 Å². The number of carbonyl (C=O) groups is 1. The summed E-state index contributed by atoms with van der Waals surface area (Å²) < 4.78 is 35.4. The van der Waals surface area contributed by atoms with E-state index in [0.717, 1.165) is 4.31 Å². The Morgan fingerprint density at radius 1 is 1.35 bits per heavy atom. The fourth-order valence-corrected chi connectivity index (χ4v) is 3.02. The standard InChI is InChI=1S/C13H14ClN3O5S/c1-8-15-16-12(22-8)7-21-13(18)9-4-5-10(14)11(6-9)23(19,20)17(2)3/h4-6H,7H2,1-3H3. The van der Waals surface area contributed by atoms with Gasteiger partial charge in [0.05, 0.1) is 10.6 Å². The molecule has 0 amide bonds. The number of hydrogen-bond donors (Lipinski definition) is 0. The Bertz CT molecular complexity index is 832. The second-order valence-electron chi connectivity index (χ2n) is 4.72. The molecule has 1 heterocycles. The highest BCUT2D eigenvalue weighted by molar-refractivity contribution is 7.89. The Kier molecular flexibility index (Phi) is 5.03. The van der Waals surface area contributed by atoms with Crippen molar-refractivity contribution in [3.63, 3.8) is 0 Å². The van der Waals surface area contributed by atoms with Crippen LogP contribution >= 0.6 is 11.6 Å². The molecule has 2 rings (SSSR count). The SMILES string of the molecule is Cc1nnc(COC(=O)c2ccc(Cl)c(S(=O)(=O)N(C)C)c2)o1. The lowest BCUT2D eigenvalue weighted by atomic mass is 10.2. The van der Waals surface area contributed by atoms with Gasteiger partial charge >= 0.3 is 5.97 Å². The molecule has 10 heteroatoms. The van der Waals surface area contributed by atoms with E-state index in [0.29, 0.717) is 5.89 Å². The number of aryl methyl sites for hydroxylation is 1. The van der Waals surface area contributed by atoms with Crippen molar-refractivity contribution < 1.29 is 22.4 Å². The largest absolute Gasteiger partial charge is 0.452 e. The predicted octanol–water partition coefficient (Wildman–Crippen LogP) is 1.64. The first-order valence-corrected chi connectivity index (χ1v) is 8.22. The van der Waals surface area contributed by atoms with E-state index in [2.05, 4.69) is 10.2 Å². The molecule has 1 aromatic carbocycles. The summed E-state index contributed by atoms with van der Waals surface area (Å²) in [7, 11) is -1.04. The third-order valence-electron chi connectivity index (χ3n) is 2.82. The number of halogens is 1. The smallest absolute Gasteiger partial charge is 0.338 e. The maximum atomic E-state index is 12.2. The average molecular weight is 360 g/mol. The van der Waals surface area contributed by atoms with Gasteiger partial charge in [-0.15, -0.1) is 10.2 Å². The molecule has 124 valence electrons. The summed E-state index contributed by atoms with van der Waals surface area (Å²) in [6, 6.07) is 3.86. The molecule has 0 unspecified atom stereocenters. The molecular weight excluding hydrogens is 346 g/mol. The summed E-state index contributed by atoms with van der Waals surface area (Å²) >= 11 is 5.91. The summed E-state index contributed by atoms with van der Waals surface area (Å²) in [6.45, 7) is 1.40. The predicted molar refractivity (Wildman–Crippen MR) is 80.5 cm³/mol. The van der Waals surface area contributed by atoms with Crippen LogP contribution < -0.4 is 0 Å². The maximum Gasteiger partial charge on any atom is 0.338 e. The minimum atomic E-state index is -3.77. The lowest BCUT2D eigenvalue weighted by molar-refractivity contribution is 0.0436. The molecule has 0 radical (unpaired) electrons. The molecule has 0 bridgehead atoms. The number of carbonyl (C=O) groups excluding carboxylic acids is 1. The van der Waals surface area contributed by atoms with Gasteiger partial charge in [-0.25, -0.2) is 17.5 Å². The van der Waals surface area contributed by atoms with Crippen LogP contribution in [0.1, 0.15) is 22.1 Å². The van der Waals surface area contributed by atoms with E-state index in [9.17, 15) is 13.2 Å². The van der Waals surface area contributed by atoms with Crippen LogP contribution in [0.4, 0.5) is 0 Å². The van der Waals surface area contributed by atoms with Crippen LogP contribution in [-0.2, 0) is 21.4 Å². The Balaban J connectivity index is 2.21. The summed E-state index contributed by atoms with van der Waals surface area (Å²) in [4.78, 5) is 11.8. The number of ether oxygens (including phenoxy) is 1. The quantitative estimate of drug-likeness (QED) is 0.747. The van der Waals surface area contributed by atoms with Crippen LogP contribution in [-0.4, -0.2) is 43.0 Å². The normalized spacial score (nSPS) is 11.7. The highest BCUT2D eigenvalue weighted by Crippen LogP contribution is 2.25. The first kappa shape index (κ1) is 17.4. The van der Waals surface area contributed by atoms with Gasteiger partial charge in [-0.05, 0) is 18.2 Å². The van der Waals surface area contributed by atoms with Crippen LogP contribution in [0.15, 0.2) is 27.5 Å². The lowest BCUT2D eigenvalue weighted by Crippen LogP contribution is -2.23. The van der Waals surface area contributed by atoms with Gasteiger partial charge in [-0.3, -0.25) is 0 Å². The number of aromatic nitrogens is 2. The number of rotatable bonds is 5. The van der Waals surface area contributed by atoms with Crippen molar-refractivity contribution in [3.8, 4) is 0 Å². The molecule has 0 spiro atoms. The monoisotopic (exact) mass is 359 g/mol. The van der Waals surface area contributed by atoms with Gasteiger partial charge in [0.25, 0.3) is 5.89 Å². The molecule has 8 nitrogen and oxygen atoms in total. The third-order valence-corrected chi connectivity index (χ3v) is 5.12. The van der Waals surface area contributed by atoms with E-state index in [1.165, 1.54) is 32.3 Å². The Morgan fingerprint density at radius 2 is 2.04 bits per heavy atom. The van der Waals surface area contributed by atoms with Crippen LogP contribution in [0.5, 0.6) is 0 Å². The first-order chi connectivity index (χ1) is 10.7. The van der Waals surface area contributed by atoms with Gasteiger partial charge in [-0.1, -0.05) is 11.6 Å². The van der Waals surface area contributed by atoms with Gasteiger partial charge in [0.1, 0.15) is 4.90 Å². The number of esters is 1. The van der Waals surface area contributed by atoms with Crippen LogP contribution in [0, 0.1) is 6.92 Å². The fourth-order valence-electron chi connectivity index (χ4n) is 1.63.